The van der Waals surface area contributed by atoms with Gasteiger partial charge in [-0.2, -0.15) is 0 Å². The fourth-order valence-electron chi connectivity index (χ4n) is 1.43. The first-order chi connectivity index (χ1) is 8.20. The van der Waals surface area contributed by atoms with Crippen LogP contribution in [0, 0.1) is 6.92 Å². The van der Waals surface area contributed by atoms with Crippen molar-refractivity contribution in [2.24, 2.45) is 6.66 Å². The second-order valence-electron chi connectivity index (χ2n) is 3.37. The summed E-state index contributed by atoms with van der Waals surface area (Å²) in [6, 6.07) is 11.0. The molecule has 0 nitrogen and oxygen atoms in total. The molecule has 2 aromatic rings. The number of fused-ring (bicyclic) bond motifs is 1. The molecule has 0 N–H and O–H groups in total. The van der Waals surface area contributed by atoms with E-state index in [9.17, 15) is 0 Å². The Bertz CT molecular complexity index is 457. The number of hydrogen-bond donors (Lipinski definition) is 0. The second-order valence-corrected chi connectivity index (χ2v) is 5.68. The van der Waals surface area contributed by atoms with E-state index in [0.717, 1.165) is 0 Å². The maximum Gasteiger partial charge on any atom is 0.00115 e. The first-order valence-electron chi connectivity index (χ1n) is 5.95. The summed E-state index contributed by atoms with van der Waals surface area (Å²) in [4.78, 5) is 0. The van der Waals surface area contributed by atoms with Gasteiger partial charge >= 0.3 is 0 Å². The summed E-state index contributed by atoms with van der Waals surface area (Å²) in [6.07, 6.45) is 3.28. The van der Waals surface area contributed by atoms with Crippen LogP contribution >= 0.6 is 7.53 Å². The van der Waals surface area contributed by atoms with E-state index in [4.69, 9.17) is 0 Å². The minimum atomic E-state index is 0.0190. The third kappa shape index (κ3) is 4.63. The van der Waals surface area contributed by atoms with Crippen molar-refractivity contribution in [2.45, 2.75) is 20.8 Å². The zero-order valence-corrected chi connectivity index (χ0v) is 12.3. The molecule has 0 saturated carbocycles. The van der Waals surface area contributed by atoms with E-state index in [2.05, 4.69) is 57.1 Å². The fraction of sp³-hybridized carbons (Fsp3) is 0.250. The topological polar surface area (TPSA) is 0 Å². The van der Waals surface area contributed by atoms with Gasteiger partial charge in [0.25, 0.3) is 0 Å². The van der Waals surface area contributed by atoms with Gasteiger partial charge in [-0.1, -0.05) is 63.4 Å². The van der Waals surface area contributed by atoms with Gasteiger partial charge in [0.15, 0.2) is 0 Å². The standard InChI is InChI=1S/C10H11P.C4H6.C2H6/c1-8-7-9-5-3-4-6-10(9)11(8)2;1-3-4-2;1-2/h3-7H,1-2H3;3-4H,1-2H2;1-2H3. The van der Waals surface area contributed by atoms with Crippen LogP contribution in [0.15, 0.2) is 55.6 Å². The van der Waals surface area contributed by atoms with Crippen LogP contribution < -0.4 is 0 Å². The summed E-state index contributed by atoms with van der Waals surface area (Å²) in [7, 11) is 0.0190. The first-order valence-corrected chi connectivity index (χ1v) is 7.74. The van der Waals surface area contributed by atoms with Crippen LogP contribution in [-0.2, 0) is 6.66 Å². The molecule has 1 heterocycles. The highest BCUT2D eigenvalue weighted by molar-refractivity contribution is 7.54. The molecule has 1 unspecified atom stereocenters. The van der Waals surface area contributed by atoms with Crippen molar-refractivity contribution >= 4 is 18.0 Å². The number of rotatable bonds is 1. The molecule has 0 amide bonds. The van der Waals surface area contributed by atoms with Crippen LogP contribution in [0.1, 0.15) is 19.1 Å². The monoisotopic (exact) mass is 246 g/mol. The van der Waals surface area contributed by atoms with Crippen LogP contribution in [0.25, 0.3) is 10.5 Å². The number of hydrogen-bond acceptors (Lipinski definition) is 0. The lowest BCUT2D eigenvalue weighted by molar-refractivity contribution is 1.50. The Balaban J connectivity index is 0.000000368. The summed E-state index contributed by atoms with van der Waals surface area (Å²) < 4.78 is 0. The average molecular weight is 246 g/mol. The molecule has 0 aliphatic rings. The van der Waals surface area contributed by atoms with Gasteiger partial charge in [-0.3, -0.25) is 0 Å². The minimum Gasteiger partial charge on any atom is -0.117 e. The smallest absolute Gasteiger partial charge is 0.00115 e. The normalized spacial score (nSPS) is 9.53. The zero-order valence-electron chi connectivity index (χ0n) is 11.4. The molecule has 1 aromatic carbocycles. The Kier molecular flexibility index (Phi) is 8.19. The van der Waals surface area contributed by atoms with Crippen molar-refractivity contribution in [3.05, 3.63) is 60.9 Å². The molecule has 1 aromatic heterocycles. The Labute approximate surface area is 107 Å². The molecule has 0 spiro atoms. The quantitative estimate of drug-likeness (QED) is 0.537. The largest absolute Gasteiger partial charge is 0.117 e. The molecule has 2 rings (SSSR count). The predicted molar refractivity (Wildman–Crippen MR) is 84.1 cm³/mol. The number of aryl methyl sites for hydroxylation is 2. The van der Waals surface area contributed by atoms with Crippen LogP contribution in [0.2, 0.25) is 0 Å². The highest BCUT2D eigenvalue weighted by atomic mass is 31.1. The van der Waals surface area contributed by atoms with Crippen molar-refractivity contribution in [3.8, 4) is 0 Å². The average Bonchev–Trinajstić information content (AvgIpc) is 2.68. The predicted octanol–water partition coefficient (Wildman–Crippen LogP) is 6.06. The van der Waals surface area contributed by atoms with E-state index < -0.39 is 0 Å². The third-order valence-corrected chi connectivity index (χ3v) is 4.68. The highest BCUT2D eigenvalue weighted by Crippen LogP contribution is 2.40. The Morgan fingerprint density at radius 2 is 1.59 bits per heavy atom. The van der Waals surface area contributed by atoms with E-state index in [1.807, 2.05) is 13.8 Å². The fourth-order valence-corrected chi connectivity index (χ4v) is 2.98. The molecule has 17 heavy (non-hydrogen) atoms. The number of allylic oxidation sites excluding steroid dienone is 2. The van der Waals surface area contributed by atoms with Crippen molar-refractivity contribution in [1.82, 2.24) is 0 Å². The van der Waals surface area contributed by atoms with Gasteiger partial charge < -0.3 is 0 Å². The van der Waals surface area contributed by atoms with Gasteiger partial charge in [0.05, 0.1) is 0 Å². The van der Waals surface area contributed by atoms with E-state index in [-0.39, 0.29) is 7.53 Å². The van der Waals surface area contributed by atoms with Crippen LogP contribution in [0.4, 0.5) is 0 Å². The van der Waals surface area contributed by atoms with Crippen LogP contribution in [0.3, 0.4) is 0 Å². The Morgan fingerprint density at radius 3 is 2.06 bits per heavy atom. The summed E-state index contributed by atoms with van der Waals surface area (Å²) in [5.41, 5.74) is 0. The first kappa shape index (κ1) is 15.7. The molecule has 0 saturated heterocycles. The zero-order chi connectivity index (χ0) is 13.3. The van der Waals surface area contributed by atoms with Gasteiger partial charge in [-0.25, -0.2) is 0 Å². The minimum absolute atomic E-state index is 0.0190. The molecule has 92 valence electrons. The molecular weight excluding hydrogens is 223 g/mol. The molecule has 0 fully saturated rings. The molecule has 1 heteroatoms. The number of benzene rings is 1. The molecular formula is C16H23P. The molecule has 0 aliphatic carbocycles. The lowest BCUT2D eigenvalue weighted by Crippen LogP contribution is -1.57. The summed E-state index contributed by atoms with van der Waals surface area (Å²) >= 11 is 0. The Hall–Kier alpha value is -1.26. The summed E-state index contributed by atoms with van der Waals surface area (Å²) in [5, 5.41) is 4.51. The van der Waals surface area contributed by atoms with Gasteiger partial charge in [0.2, 0.25) is 0 Å². The van der Waals surface area contributed by atoms with Crippen molar-refractivity contribution in [1.29, 1.82) is 0 Å². The molecule has 1 atom stereocenters. The maximum absolute atomic E-state index is 3.36. The SMILES string of the molecule is C=CC=C.CC.Cc1cc2ccccc2p1C. The lowest BCUT2D eigenvalue weighted by atomic mass is 10.2. The van der Waals surface area contributed by atoms with Crippen molar-refractivity contribution < 1.29 is 0 Å². The molecule has 0 radical (unpaired) electrons. The van der Waals surface area contributed by atoms with E-state index in [1.54, 1.807) is 22.6 Å². The van der Waals surface area contributed by atoms with Crippen molar-refractivity contribution in [2.75, 3.05) is 0 Å². The maximum atomic E-state index is 3.36. The van der Waals surface area contributed by atoms with Crippen LogP contribution in [-0.4, -0.2) is 0 Å². The highest BCUT2D eigenvalue weighted by Gasteiger charge is 1.99. The van der Waals surface area contributed by atoms with Gasteiger partial charge in [-0.05, 0) is 30.3 Å². The van der Waals surface area contributed by atoms with E-state index in [1.165, 1.54) is 5.39 Å². The van der Waals surface area contributed by atoms with Gasteiger partial charge in [-0.15, -0.1) is 7.53 Å². The Morgan fingerprint density at radius 1 is 1.06 bits per heavy atom. The summed E-state index contributed by atoms with van der Waals surface area (Å²) in [5.74, 6) is 0. The van der Waals surface area contributed by atoms with Gasteiger partial charge in [0, 0.05) is 5.12 Å². The second kappa shape index (κ2) is 8.84. The van der Waals surface area contributed by atoms with Crippen molar-refractivity contribution in [3.63, 3.8) is 0 Å². The molecule has 0 aliphatic heterocycles. The third-order valence-electron chi connectivity index (χ3n) is 2.36. The van der Waals surface area contributed by atoms with E-state index >= 15 is 0 Å². The van der Waals surface area contributed by atoms with Gasteiger partial charge in [0.1, 0.15) is 0 Å². The van der Waals surface area contributed by atoms with Crippen LogP contribution in [0.5, 0.6) is 0 Å². The lowest BCUT2D eigenvalue weighted by Gasteiger charge is -1.91. The molecule has 0 bridgehead atoms. The van der Waals surface area contributed by atoms with E-state index in [0.29, 0.717) is 0 Å². The summed E-state index contributed by atoms with van der Waals surface area (Å²) in [6.45, 7) is 15.3.